The molecule has 1 fully saturated rings. The van der Waals surface area contributed by atoms with Crippen molar-refractivity contribution in [1.82, 2.24) is 0 Å². The molecule has 1 unspecified atom stereocenters. The van der Waals surface area contributed by atoms with Gasteiger partial charge in [0.2, 0.25) is 0 Å². The van der Waals surface area contributed by atoms with Crippen LogP contribution in [0.2, 0.25) is 0 Å². The Kier molecular flexibility index (Phi) is 1.33. The number of allylic oxidation sites excluding steroid dienone is 2. The quantitative estimate of drug-likeness (QED) is 0.433. The molecule has 1 saturated carbocycles. The largest absolute Gasteiger partial charge is 0.0882 e. The van der Waals surface area contributed by atoms with Crippen LogP contribution in [0.15, 0.2) is 12.2 Å². The molecule has 0 aromatic heterocycles. The van der Waals surface area contributed by atoms with Gasteiger partial charge in [-0.15, -0.1) is 0 Å². The van der Waals surface area contributed by atoms with Crippen molar-refractivity contribution in [3.63, 3.8) is 0 Å². The van der Waals surface area contributed by atoms with Gasteiger partial charge in [-0.25, -0.2) is 0 Å². The average molecular weight is 122 g/mol. The van der Waals surface area contributed by atoms with Crippen LogP contribution in [-0.4, -0.2) is 0 Å². The summed E-state index contributed by atoms with van der Waals surface area (Å²) in [6.45, 7) is 0. The van der Waals surface area contributed by atoms with Gasteiger partial charge in [0.15, 0.2) is 0 Å². The van der Waals surface area contributed by atoms with Gasteiger partial charge >= 0.3 is 0 Å². The first-order valence-corrected chi connectivity index (χ1v) is 4.13. The third kappa shape index (κ3) is 0.910. The molecule has 2 aliphatic carbocycles. The molecule has 0 N–H and O–H groups in total. The average Bonchev–Trinajstić information content (AvgIpc) is 2.33. The Morgan fingerprint density at radius 1 is 1.11 bits per heavy atom. The van der Waals surface area contributed by atoms with Crippen LogP contribution in [0.1, 0.15) is 32.1 Å². The molecular formula is C9H14. The van der Waals surface area contributed by atoms with E-state index in [9.17, 15) is 0 Å². The van der Waals surface area contributed by atoms with Crippen molar-refractivity contribution in [1.29, 1.82) is 0 Å². The topological polar surface area (TPSA) is 0 Å². The zero-order valence-corrected chi connectivity index (χ0v) is 5.84. The minimum absolute atomic E-state index is 0.985. The Morgan fingerprint density at radius 2 is 2.11 bits per heavy atom. The van der Waals surface area contributed by atoms with E-state index in [0.717, 1.165) is 11.8 Å². The Labute approximate surface area is 57.0 Å². The first-order valence-electron chi connectivity index (χ1n) is 4.13. The molecule has 50 valence electrons. The molecule has 0 heteroatoms. The summed E-state index contributed by atoms with van der Waals surface area (Å²) in [5, 5.41) is 0. The summed E-state index contributed by atoms with van der Waals surface area (Å²) in [6.07, 6.45) is 12.1. The second-order valence-corrected chi connectivity index (χ2v) is 3.36. The number of rotatable bonds is 0. The molecule has 0 aromatic carbocycles. The van der Waals surface area contributed by atoms with Gasteiger partial charge in [-0.05, 0) is 37.5 Å². The van der Waals surface area contributed by atoms with Crippen LogP contribution in [0.25, 0.3) is 0 Å². The maximum Gasteiger partial charge on any atom is -0.0205 e. The fraction of sp³-hybridized carbons (Fsp3) is 0.778. The highest BCUT2D eigenvalue weighted by Gasteiger charge is 2.25. The van der Waals surface area contributed by atoms with Gasteiger partial charge in [0, 0.05) is 0 Å². The standard InChI is InChI=1S/C9H14/c1-2-5-9-7-3-6-8(9)4-1/h1,4,8-9H,2-3,5-7H2/t8?,9-/m1/s1. The third-order valence-electron chi connectivity index (χ3n) is 2.81. The first kappa shape index (κ1) is 5.52. The number of hydrogen-bond donors (Lipinski definition) is 0. The Bertz CT molecular complexity index is 124. The number of fused-ring (bicyclic) bond motifs is 1. The van der Waals surface area contributed by atoms with Crippen LogP contribution in [0.3, 0.4) is 0 Å². The minimum atomic E-state index is 0.985. The fourth-order valence-corrected chi connectivity index (χ4v) is 2.26. The van der Waals surface area contributed by atoms with Crippen LogP contribution >= 0.6 is 0 Å². The van der Waals surface area contributed by atoms with E-state index in [1.165, 1.54) is 32.1 Å². The lowest BCUT2D eigenvalue weighted by Crippen LogP contribution is -2.07. The summed E-state index contributed by atoms with van der Waals surface area (Å²) in [5.74, 6) is 2.06. The molecule has 0 aromatic rings. The maximum atomic E-state index is 2.45. The third-order valence-corrected chi connectivity index (χ3v) is 2.81. The molecule has 0 nitrogen and oxygen atoms in total. The SMILES string of the molecule is C1=CC2CCC[C@H]2CC1. The van der Waals surface area contributed by atoms with Gasteiger partial charge in [-0.1, -0.05) is 18.6 Å². The van der Waals surface area contributed by atoms with Gasteiger partial charge < -0.3 is 0 Å². The summed E-state index contributed by atoms with van der Waals surface area (Å²) in [6, 6.07) is 0. The Hall–Kier alpha value is -0.260. The molecule has 2 atom stereocenters. The molecule has 0 aliphatic heterocycles. The van der Waals surface area contributed by atoms with Gasteiger partial charge in [0.05, 0.1) is 0 Å². The van der Waals surface area contributed by atoms with Crippen molar-refractivity contribution in [2.75, 3.05) is 0 Å². The van der Waals surface area contributed by atoms with E-state index in [4.69, 9.17) is 0 Å². The molecular weight excluding hydrogens is 108 g/mol. The van der Waals surface area contributed by atoms with Crippen LogP contribution in [-0.2, 0) is 0 Å². The van der Waals surface area contributed by atoms with E-state index < -0.39 is 0 Å². The Balaban J connectivity index is 2.10. The molecule has 0 bridgehead atoms. The van der Waals surface area contributed by atoms with Crippen molar-refractivity contribution in [3.8, 4) is 0 Å². The van der Waals surface area contributed by atoms with Gasteiger partial charge in [-0.3, -0.25) is 0 Å². The first-order chi connectivity index (χ1) is 4.47. The Morgan fingerprint density at radius 3 is 3.00 bits per heavy atom. The van der Waals surface area contributed by atoms with Crippen molar-refractivity contribution >= 4 is 0 Å². The van der Waals surface area contributed by atoms with E-state index >= 15 is 0 Å². The zero-order chi connectivity index (χ0) is 6.10. The summed E-state index contributed by atoms with van der Waals surface area (Å²) >= 11 is 0. The molecule has 9 heavy (non-hydrogen) atoms. The molecule has 0 heterocycles. The lowest BCUT2D eigenvalue weighted by Gasteiger charge is -2.18. The highest BCUT2D eigenvalue weighted by atomic mass is 14.3. The molecule has 2 rings (SSSR count). The van der Waals surface area contributed by atoms with Crippen LogP contribution in [0, 0.1) is 11.8 Å². The lowest BCUT2D eigenvalue weighted by molar-refractivity contribution is 0.412. The molecule has 0 radical (unpaired) electrons. The summed E-state index contributed by atoms with van der Waals surface area (Å²) in [5.41, 5.74) is 0. The van der Waals surface area contributed by atoms with Crippen molar-refractivity contribution < 1.29 is 0 Å². The maximum absolute atomic E-state index is 2.45. The van der Waals surface area contributed by atoms with Crippen LogP contribution < -0.4 is 0 Å². The van der Waals surface area contributed by atoms with Crippen LogP contribution in [0.4, 0.5) is 0 Å². The smallest absolute Gasteiger partial charge is 0.0205 e. The highest BCUT2D eigenvalue weighted by molar-refractivity contribution is 4.99. The summed E-state index contributed by atoms with van der Waals surface area (Å²) < 4.78 is 0. The molecule has 0 amide bonds. The van der Waals surface area contributed by atoms with E-state index in [1.54, 1.807) is 0 Å². The predicted molar refractivity (Wildman–Crippen MR) is 39.2 cm³/mol. The van der Waals surface area contributed by atoms with Gasteiger partial charge in [-0.2, -0.15) is 0 Å². The molecule has 0 saturated heterocycles. The van der Waals surface area contributed by atoms with E-state index in [1.807, 2.05) is 0 Å². The number of hydrogen-bond acceptors (Lipinski definition) is 0. The van der Waals surface area contributed by atoms with Gasteiger partial charge in [0.1, 0.15) is 0 Å². The second-order valence-electron chi connectivity index (χ2n) is 3.36. The lowest BCUT2D eigenvalue weighted by atomic mass is 9.87. The second kappa shape index (κ2) is 2.17. The summed E-state index contributed by atoms with van der Waals surface area (Å²) in [4.78, 5) is 0. The van der Waals surface area contributed by atoms with Crippen LogP contribution in [0.5, 0.6) is 0 Å². The van der Waals surface area contributed by atoms with Crippen molar-refractivity contribution in [2.45, 2.75) is 32.1 Å². The van der Waals surface area contributed by atoms with Crippen molar-refractivity contribution in [3.05, 3.63) is 12.2 Å². The normalized spacial score (nSPS) is 40.9. The fourth-order valence-electron chi connectivity index (χ4n) is 2.26. The molecule has 0 spiro atoms. The van der Waals surface area contributed by atoms with E-state index in [0.29, 0.717) is 0 Å². The minimum Gasteiger partial charge on any atom is -0.0882 e. The molecule has 2 aliphatic rings. The summed E-state index contributed by atoms with van der Waals surface area (Å²) in [7, 11) is 0. The zero-order valence-electron chi connectivity index (χ0n) is 5.84. The van der Waals surface area contributed by atoms with E-state index in [-0.39, 0.29) is 0 Å². The monoisotopic (exact) mass is 122 g/mol. The van der Waals surface area contributed by atoms with E-state index in [2.05, 4.69) is 12.2 Å². The highest BCUT2D eigenvalue weighted by Crippen LogP contribution is 2.38. The van der Waals surface area contributed by atoms with Gasteiger partial charge in [0.25, 0.3) is 0 Å². The van der Waals surface area contributed by atoms with Crippen molar-refractivity contribution in [2.24, 2.45) is 11.8 Å². The predicted octanol–water partition coefficient (Wildman–Crippen LogP) is 2.75.